The highest BCUT2D eigenvalue weighted by Crippen LogP contribution is 2.25. The Bertz CT molecular complexity index is 968. The molecule has 1 amide bonds. The molecule has 0 saturated heterocycles. The first-order chi connectivity index (χ1) is 12.7. The summed E-state index contributed by atoms with van der Waals surface area (Å²) in [5, 5.41) is 12.0. The molecule has 26 heavy (non-hydrogen) atoms. The third-order valence-corrected chi connectivity index (χ3v) is 4.12. The molecule has 128 valence electrons. The minimum Gasteiger partial charge on any atom is -0.488 e. The molecule has 2 aromatic carbocycles. The highest BCUT2D eigenvalue weighted by molar-refractivity contribution is 9.10. The normalized spacial score (nSPS) is 10.0. The molecule has 0 atom stereocenters. The quantitative estimate of drug-likeness (QED) is 0.672. The molecule has 1 heterocycles. The van der Waals surface area contributed by atoms with Crippen molar-refractivity contribution in [3.05, 3.63) is 88.2 Å². The van der Waals surface area contributed by atoms with E-state index in [1.807, 2.05) is 12.1 Å². The topological polar surface area (TPSA) is 75.0 Å². The third kappa shape index (κ3) is 4.26. The summed E-state index contributed by atoms with van der Waals surface area (Å²) in [6, 6.07) is 18.0. The van der Waals surface area contributed by atoms with Crippen LogP contribution in [0.3, 0.4) is 0 Å². The van der Waals surface area contributed by atoms with Crippen LogP contribution in [0.5, 0.6) is 5.75 Å². The van der Waals surface area contributed by atoms with Gasteiger partial charge in [0.15, 0.2) is 0 Å². The number of ether oxygens (including phenoxy) is 1. The molecule has 0 spiro atoms. The van der Waals surface area contributed by atoms with Gasteiger partial charge in [-0.3, -0.25) is 9.78 Å². The summed E-state index contributed by atoms with van der Waals surface area (Å²) >= 11 is 3.38. The van der Waals surface area contributed by atoms with Crippen molar-refractivity contribution in [1.29, 1.82) is 5.26 Å². The van der Waals surface area contributed by atoms with Gasteiger partial charge in [-0.2, -0.15) is 5.26 Å². The zero-order valence-electron chi connectivity index (χ0n) is 13.6. The fourth-order valence-electron chi connectivity index (χ4n) is 2.35. The average molecular weight is 408 g/mol. The summed E-state index contributed by atoms with van der Waals surface area (Å²) in [4.78, 5) is 16.6. The number of halogens is 1. The van der Waals surface area contributed by atoms with E-state index in [-0.39, 0.29) is 12.5 Å². The Morgan fingerprint density at radius 1 is 1.19 bits per heavy atom. The highest BCUT2D eigenvalue weighted by Gasteiger charge is 2.14. The smallest absolute Gasteiger partial charge is 0.259 e. The predicted molar refractivity (Wildman–Crippen MR) is 102 cm³/mol. The molecule has 0 aliphatic rings. The van der Waals surface area contributed by atoms with Crippen LogP contribution in [0.4, 0.5) is 5.69 Å². The Kier molecular flexibility index (Phi) is 5.62. The number of pyridine rings is 1. The Labute approximate surface area is 159 Å². The minimum absolute atomic E-state index is 0.193. The molecule has 6 heteroatoms. The van der Waals surface area contributed by atoms with Crippen LogP contribution in [-0.4, -0.2) is 10.9 Å². The second-order valence-electron chi connectivity index (χ2n) is 5.39. The average Bonchev–Trinajstić information content (AvgIpc) is 2.68. The molecule has 5 nitrogen and oxygen atoms in total. The number of rotatable bonds is 5. The van der Waals surface area contributed by atoms with Crippen molar-refractivity contribution in [3.63, 3.8) is 0 Å². The van der Waals surface area contributed by atoms with Crippen molar-refractivity contribution >= 4 is 27.5 Å². The maximum Gasteiger partial charge on any atom is 0.259 e. The highest BCUT2D eigenvalue weighted by atomic mass is 79.9. The van der Waals surface area contributed by atoms with Crippen LogP contribution in [0.1, 0.15) is 21.5 Å². The van der Waals surface area contributed by atoms with E-state index in [1.165, 1.54) is 0 Å². The lowest BCUT2D eigenvalue weighted by Gasteiger charge is -2.13. The van der Waals surface area contributed by atoms with E-state index in [0.29, 0.717) is 22.6 Å². The predicted octanol–water partition coefficient (Wildman–Crippen LogP) is 4.55. The number of nitrogens with one attached hydrogen (secondary N) is 1. The van der Waals surface area contributed by atoms with E-state index in [1.54, 1.807) is 54.9 Å². The Morgan fingerprint density at radius 2 is 2.04 bits per heavy atom. The second-order valence-corrected chi connectivity index (χ2v) is 6.31. The Morgan fingerprint density at radius 3 is 2.81 bits per heavy atom. The zero-order chi connectivity index (χ0) is 18.4. The molecule has 0 aliphatic carbocycles. The van der Waals surface area contributed by atoms with Crippen molar-refractivity contribution in [2.75, 3.05) is 5.32 Å². The monoisotopic (exact) mass is 407 g/mol. The first kappa shape index (κ1) is 17.6. The van der Waals surface area contributed by atoms with E-state index in [0.717, 1.165) is 10.0 Å². The van der Waals surface area contributed by atoms with Crippen molar-refractivity contribution in [3.8, 4) is 11.8 Å². The maximum absolute atomic E-state index is 12.6. The molecule has 3 aromatic rings. The van der Waals surface area contributed by atoms with Crippen molar-refractivity contribution in [1.82, 2.24) is 4.98 Å². The summed E-state index contributed by atoms with van der Waals surface area (Å²) in [7, 11) is 0. The van der Waals surface area contributed by atoms with Gasteiger partial charge in [-0.05, 0) is 36.4 Å². The van der Waals surface area contributed by atoms with E-state index in [2.05, 4.69) is 32.3 Å². The van der Waals surface area contributed by atoms with Crippen LogP contribution in [0.25, 0.3) is 0 Å². The number of hydrogen-bond donors (Lipinski definition) is 1. The SMILES string of the molecule is N#Cc1ccccc1COc1ccc(Br)cc1C(=O)Nc1cccnc1. The largest absolute Gasteiger partial charge is 0.488 e. The molecule has 0 saturated carbocycles. The molecule has 0 bridgehead atoms. The number of carbonyl (C=O) groups is 1. The van der Waals surface area contributed by atoms with Crippen LogP contribution in [0.15, 0.2) is 71.5 Å². The number of amides is 1. The standard InChI is InChI=1S/C20H14BrN3O2/c21-16-7-8-19(26-13-15-5-2-1-4-14(15)11-22)18(10-16)20(25)24-17-6-3-9-23-12-17/h1-10,12H,13H2,(H,24,25). The van der Waals surface area contributed by atoms with Gasteiger partial charge in [0.05, 0.1) is 29.1 Å². The van der Waals surface area contributed by atoms with E-state index in [4.69, 9.17) is 4.74 Å². The van der Waals surface area contributed by atoms with Crippen molar-refractivity contribution in [2.45, 2.75) is 6.61 Å². The van der Waals surface area contributed by atoms with Gasteiger partial charge < -0.3 is 10.1 Å². The Hall–Kier alpha value is -3.17. The van der Waals surface area contributed by atoms with Gasteiger partial charge in [0.1, 0.15) is 12.4 Å². The first-order valence-corrected chi connectivity index (χ1v) is 8.58. The fourth-order valence-corrected chi connectivity index (χ4v) is 2.71. The lowest BCUT2D eigenvalue weighted by atomic mass is 10.1. The lowest BCUT2D eigenvalue weighted by molar-refractivity contribution is 0.102. The van der Waals surface area contributed by atoms with Crippen LogP contribution in [-0.2, 0) is 6.61 Å². The number of anilines is 1. The number of carbonyl (C=O) groups excluding carboxylic acids is 1. The minimum atomic E-state index is -0.303. The summed E-state index contributed by atoms with van der Waals surface area (Å²) in [6.07, 6.45) is 3.20. The molecule has 0 unspecified atom stereocenters. The molecule has 0 fully saturated rings. The van der Waals surface area contributed by atoms with Gasteiger partial charge in [-0.25, -0.2) is 0 Å². The summed E-state index contributed by atoms with van der Waals surface area (Å²) in [5.74, 6) is 0.130. The molecule has 3 rings (SSSR count). The van der Waals surface area contributed by atoms with Crippen molar-refractivity contribution in [2.24, 2.45) is 0 Å². The second kappa shape index (κ2) is 8.28. The number of nitrogens with zero attached hydrogens (tertiary/aromatic N) is 2. The third-order valence-electron chi connectivity index (χ3n) is 3.63. The van der Waals surface area contributed by atoms with Crippen molar-refractivity contribution < 1.29 is 9.53 Å². The van der Waals surface area contributed by atoms with Crippen LogP contribution >= 0.6 is 15.9 Å². The number of aromatic nitrogens is 1. The summed E-state index contributed by atoms with van der Waals surface area (Å²) < 4.78 is 6.59. The van der Waals surface area contributed by atoms with Gasteiger partial charge in [-0.15, -0.1) is 0 Å². The molecule has 0 aliphatic heterocycles. The summed E-state index contributed by atoms with van der Waals surface area (Å²) in [6.45, 7) is 0.193. The van der Waals surface area contributed by atoms with Gasteiger partial charge in [-0.1, -0.05) is 34.1 Å². The van der Waals surface area contributed by atoms with Crippen LogP contribution in [0.2, 0.25) is 0 Å². The van der Waals surface area contributed by atoms with E-state index < -0.39 is 0 Å². The van der Waals surface area contributed by atoms with E-state index in [9.17, 15) is 10.1 Å². The molecule has 0 radical (unpaired) electrons. The summed E-state index contributed by atoms with van der Waals surface area (Å²) in [5.41, 5.74) is 2.29. The first-order valence-electron chi connectivity index (χ1n) is 7.79. The molecule has 1 aromatic heterocycles. The molecule has 1 N–H and O–H groups in total. The number of nitriles is 1. The van der Waals surface area contributed by atoms with Gasteiger partial charge in [0.2, 0.25) is 0 Å². The number of hydrogen-bond acceptors (Lipinski definition) is 4. The molecular weight excluding hydrogens is 394 g/mol. The van der Waals surface area contributed by atoms with E-state index >= 15 is 0 Å². The molecular formula is C20H14BrN3O2. The van der Waals surface area contributed by atoms with Gasteiger partial charge in [0, 0.05) is 16.2 Å². The fraction of sp³-hybridized carbons (Fsp3) is 0.0500. The van der Waals surface area contributed by atoms with Gasteiger partial charge >= 0.3 is 0 Å². The van der Waals surface area contributed by atoms with Crippen LogP contribution in [0, 0.1) is 11.3 Å². The number of benzene rings is 2. The van der Waals surface area contributed by atoms with Crippen LogP contribution < -0.4 is 10.1 Å². The Balaban J connectivity index is 1.82. The zero-order valence-corrected chi connectivity index (χ0v) is 15.2. The van der Waals surface area contributed by atoms with Gasteiger partial charge in [0.25, 0.3) is 5.91 Å². The lowest BCUT2D eigenvalue weighted by Crippen LogP contribution is -2.14. The maximum atomic E-state index is 12.6.